The highest BCUT2D eigenvalue weighted by molar-refractivity contribution is 7.12. The molecule has 0 fully saturated rings. The first-order valence-electron chi connectivity index (χ1n) is 9.30. The smallest absolute Gasteiger partial charge is 0.262 e. The van der Waals surface area contributed by atoms with Gasteiger partial charge in [-0.15, -0.1) is 11.3 Å². The second kappa shape index (κ2) is 8.22. The SMILES string of the molecule is CC(C)C(NC(=O)c1cccs1)C(=O)NCC(C)(C)c1ccc2c(c1)OCO2. The summed E-state index contributed by atoms with van der Waals surface area (Å²) in [6.45, 7) is 8.61. The van der Waals surface area contributed by atoms with Crippen LogP contribution >= 0.6 is 11.3 Å². The van der Waals surface area contributed by atoms with E-state index in [4.69, 9.17) is 9.47 Å². The van der Waals surface area contributed by atoms with E-state index in [-0.39, 0.29) is 29.9 Å². The average Bonchev–Trinajstić information content (AvgIpc) is 3.34. The van der Waals surface area contributed by atoms with E-state index in [2.05, 4.69) is 24.5 Å². The molecule has 1 aliphatic heterocycles. The van der Waals surface area contributed by atoms with Gasteiger partial charge in [-0.25, -0.2) is 0 Å². The summed E-state index contributed by atoms with van der Waals surface area (Å²) in [7, 11) is 0. The summed E-state index contributed by atoms with van der Waals surface area (Å²) >= 11 is 1.36. The summed E-state index contributed by atoms with van der Waals surface area (Å²) in [5, 5.41) is 7.69. The maximum atomic E-state index is 12.8. The fourth-order valence-corrected chi connectivity index (χ4v) is 3.62. The van der Waals surface area contributed by atoms with Crippen LogP contribution in [-0.2, 0) is 10.2 Å². The second-order valence-electron chi connectivity index (χ2n) is 7.84. The van der Waals surface area contributed by atoms with Crippen molar-refractivity contribution in [2.75, 3.05) is 13.3 Å². The molecule has 1 aromatic carbocycles. The highest BCUT2D eigenvalue weighted by Gasteiger charge is 2.29. The van der Waals surface area contributed by atoms with Crippen LogP contribution in [0.5, 0.6) is 11.5 Å². The highest BCUT2D eigenvalue weighted by atomic mass is 32.1. The average molecular weight is 403 g/mol. The van der Waals surface area contributed by atoms with E-state index in [1.165, 1.54) is 11.3 Å². The van der Waals surface area contributed by atoms with Gasteiger partial charge in [0, 0.05) is 12.0 Å². The molecule has 0 radical (unpaired) electrons. The summed E-state index contributed by atoms with van der Waals surface area (Å²) in [4.78, 5) is 25.7. The van der Waals surface area contributed by atoms with Crippen molar-refractivity contribution in [2.45, 2.75) is 39.2 Å². The molecule has 0 aliphatic carbocycles. The minimum atomic E-state index is -0.595. The molecule has 2 heterocycles. The molecule has 2 aromatic rings. The van der Waals surface area contributed by atoms with Crippen molar-refractivity contribution in [3.8, 4) is 11.5 Å². The molecule has 6 nitrogen and oxygen atoms in total. The molecular formula is C21H26N2O4S. The zero-order valence-electron chi connectivity index (χ0n) is 16.6. The number of rotatable bonds is 7. The third-order valence-electron chi connectivity index (χ3n) is 4.84. The van der Waals surface area contributed by atoms with Crippen molar-refractivity contribution in [1.29, 1.82) is 0 Å². The van der Waals surface area contributed by atoms with Gasteiger partial charge in [0.25, 0.3) is 5.91 Å². The third kappa shape index (κ3) is 4.47. The van der Waals surface area contributed by atoms with Gasteiger partial charge in [-0.05, 0) is 35.1 Å². The Bertz CT molecular complexity index is 846. The molecule has 7 heteroatoms. The Labute approximate surface area is 169 Å². The molecule has 0 saturated carbocycles. The molecule has 0 saturated heterocycles. The van der Waals surface area contributed by atoms with E-state index in [9.17, 15) is 9.59 Å². The molecule has 2 amide bonds. The number of carbonyl (C=O) groups excluding carboxylic acids is 2. The molecule has 0 spiro atoms. The Morgan fingerprint density at radius 1 is 1.18 bits per heavy atom. The predicted octanol–water partition coefficient (Wildman–Crippen LogP) is 3.33. The van der Waals surface area contributed by atoms with Gasteiger partial charge in [0.05, 0.1) is 4.88 Å². The Kier molecular flexibility index (Phi) is 5.93. The largest absolute Gasteiger partial charge is 0.454 e. The van der Waals surface area contributed by atoms with Gasteiger partial charge in [0.2, 0.25) is 12.7 Å². The van der Waals surface area contributed by atoms with E-state index >= 15 is 0 Å². The van der Waals surface area contributed by atoms with Crippen LogP contribution in [0.1, 0.15) is 42.9 Å². The first-order valence-corrected chi connectivity index (χ1v) is 10.2. The van der Waals surface area contributed by atoms with Gasteiger partial charge >= 0.3 is 0 Å². The topological polar surface area (TPSA) is 76.7 Å². The van der Waals surface area contributed by atoms with Crippen LogP contribution in [0.4, 0.5) is 0 Å². The standard InChI is InChI=1S/C21H26N2O4S/c1-13(2)18(23-19(24)17-6-5-9-28-17)20(25)22-11-21(3,4)14-7-8-15-16(10-14)27-12-26-15/h5-10,13,18H,11-12H2,1-4H3,(H,22,25)(H,23,24). The number of amides is 2. The van der Waals surface area contributed by atoms with Crippen molar-refractivity contribution in [3.63, 3.8) is 0 Å². The molecule has 1 atom stereocenters. The molecule has 1 unspecified atom stereocenters. The number of hydrogen-bond acceptors (Lipinski definition) is 5. The molecule has 1 aliphatic rings. The van der Waals surface area contributed by atoms with Crippen LogP contribution in [0, 0.1) is 5.92 Å². The Morgan fingerprint density at radius 3 is 2.61 bits per heavy atom. The van der Waals surface area contributed by atoms with Crippen molar-refractivity contribution in [2.24, 2.45) is 5.92 Å². The quantitative estimate of drug-likeness (QED) is 0.745. The maximum absolute atomic E-state index is 12.8. The van der Waals surface area contributed by atoms with Gasteiger partial charge < -0.3 is 20.1 Å². The summed E-state index contributed by atoms with van der Waals surface area (Å²) in [6.07, 6.45) is 0. The van der Waals surface area contributed by atoms with Crippen molar-refractivity contribution in [3.05, 3.63) is 46.2 Å². The normalized spacial score (nSPS) is 14.0. The van der Waals surface area contributed by atoms with Crippen LogP contribution in [0.25, 0.3) is 0 Å². The lowest BCUT2D eigenvalue weighted by Gasteiger charge is -2.28. The van der Waals surface area contributed by atoms with Gasteiger partial charge in [0.1, 0.15) is 6.04 Å². The van der Waals surface area contributed by atoms with Gasteiger partial charge in [-0.3, -0.25) is 9.59 Å². The number of benzene rings is 1. The van der Waals surface area contributed by atoms with Crippen LogP contribution in [-0.4, -0.2) is 31.2 Å². The fraction of sp³-hybridized carbons (Fsp3) is 0.429. The number of carbonyl (C=O) groups is 2. The molecule has 1 aromatic heterocycles. The first kappa shape index (κ1) is 20.2. The van der Waals surface area contributed by atoms with E-state index in [1.54, 1.807) is 6.07 Å². The van der Waals surface area contributed by atoms with Crippen LogP contribution in [0.2, 0.25) is 0 Å². The van der Waals surface area contributed by atoms with Crippen molar-refractivity contribution in [1.82, 2.24) is 10.6 Å². The van der Waals surface area contributed by atoms with Crippen LogP contribution < -0.4 is 20.1 Å². The van der Waals surface area contributed by atoms with E-state index in [1.807, 2.05) is 43.5 Å². The number of fused-ring (bicyclic) bond motifs is 1. The third-order valence-corrected chi connectivity index (χ3v) is 5.71. The molecule has 2 N–H and O–H groups in total. The number of thiophene rings is 1. The lowest BCUT2D eigenvalue weighted by atomic mass is 9.84. The first-order chi connectivity index (χ1) is 13.3. The Morgan fingerprint density at radius 2 is 1.93 bits per heavy atom. The van der Waals surface area contributed by atoms with Crippen molar-refractivity contribution >= 4 is 23.2 Å². The molecular weight excluding hydrogens is 376 g/mol. The monoisotopic (exact) mass is 402 g/mol. The summed E-state index contributed by atoms with van der Waals surface area (Å²) < 4.78 is 10.8. The maximum Gasteiger partial charge on any atom is 0.262 e. The number of nitrogens with one attached hydrogen (secondary N) is 2. The number of ether oxygens (including phenoxy) is 2. The highest BCUT2D eigenvalue weighted by Crippen LogP contribution is 2.36. The fourth-order valence-electron chi connectivity index (χ4n) is 2.99. The summed E-state index contributed by atoms with van der Waals surface area (Å²) in [5.41, 5.74) is 0.733. The van der Waals surface area contributed by atoms with Gasteiger partial charge in [-0.2, -0.15) is 0 Å². The molecule has 28 heavy (non-hydrogen) atoms. The Hall–Kier alpha value is -2.54. The van der Waals surface area contributed by atoms with Gasteiger partial charge in [-0.1, -0.05) is 39.8 Å². The van der Waals surface area contributed by atoms with Crippen LogP contribution in [0.15, 0.2) is 35.7 Å². The molecule has 3 rings (SSSR count). The second-order valence-corrected chi connectivity index (χ2v) is 8.79. The minimum absolute atomic E-state index is 0.0300. The van der Waals surface area contributed by atoms with E-state index in [0.717, 1.165) is 17.1 Å². The molecule has 150 valence electrons. The van der Waals surface area contributed by atoms with E-state index < -0.39 is 6.04 Å². The van der Waals surface area contributed by atoms with Crippen LogP contribution in [0.3, 0.4) is 0 Å². The van der Waals surface area contributed by atoms with Gasteiger partial charge in [0.15, 0.2) is 11.5 Å². The molecule has 0 bridgehead atoms. The summed E-state index contributed by atoms with van der Waals surface area (Å²) in [5.74, 6) is 1.02. The predicted molar refractivity (Wildman–Crippen MR) is 109 cm³/mol. The zero-order valence-corrected chi connectivity index (χ0v) is 17.4. The lowest BCUT2D eigenvalue weighted by molar-refractivity contribution is -0.124. The van der Waals surface area contributed by atoms with E-state index in [0.29, 0.717) is 11.4 Å². The summed E-state index contributed by atoms with van der Waals surface area (Å²) in [6, 6.07) is 8.79. The van der Waals surface area contributed by atoms with Crippen molar-refractivity contribution < 1.29 is 19.1 Å². The minimum Gasteiger partial charge on any atom is -0.454 e. The number of hydrogen-bond donors (Lipinski definition) is 2. The Balaban J connectivity index is 1.64. The zero-order chi connectivity index (χ0) is 20.3. The lowest BCUT2D eigenvalue weighted by Crippen LogP contribution is -2.51.